The fourth-order valence-corrected chi connectivity index (χ4v) is 4.69. The predicted octanol–water partition coefficient (Wildman–Crippen LogP) is 3.89. The summed E-state index contributed by atoms with van der Waals surface area (Å²) >= 11 is 0. The molecule has 0 spiro atoms. The first-order valence-corrected chi connectivity index (χ1v) is 11.1. The highest BCUT2D eigenvalue weighted by Gasteiger charge is 2.42. The number of quaternary nitrogens is 1. The van der Waals surface area contributed by atoms with Crippen LogP contribution in [0.15, 0.2) is 55.2 Å². The molecule has 0 bridgehead atoms. The van der Waals surface area contributed by atoms with Gasteiger partial charge in [0.2, 0.25) is 17.7 Å². The van der Waals surface area contributed by atoms with Crippen LogP contribution < -0.4 is 15.0 Å². The second-order valence-electron chi connectivity index (χ2n) is 8.47. The number of carbonyl (C=O) groups excluding carboxylic acids is 1. The van der Waals surface area contributed by atoms with E-state index in [2.05, 4.69) is 14.7 Å². The highest BCUT2D eigenvalue weighted by molar-refractivity contribution is 5.74. The maximum absolute atomic E-state index is 12.6. The van der Waals surface area contributed by atoms with Crippen molar-refractivity contribution >= 4 is 11.7 Å². The molecule has 3 heterocycles. The quantitative estimate of drug-likeness (QED) is 0.523. The number of rotatable bonds is 7. The molecule has 1 saturated heterocycles. The third-order valence-electron chi connectivity index (χ3n) is 6.17. The van der Waals surface area contributed by atoms with Gasteiger partial charge in [-0.05, 0) is 43.5 Å². The third-order valence-corrected chi connectivity index (χ3v) is 6.17. The van der Waals surface area contributed by atoms with Crippen molar-refractivity contribution in [3.8, 4) is 11.7 Å². The molecular weight excluding hydrogens is 449 g/mol. The Kier molecular flexibility index (Phi) is 6.82. The van der Waals surface area contributed by atoms with E-state index in [1.807, 2.05) is 6.07 Å². The molecule has 4 rings (SSSR count). The van der Waals surface area contributed by atoms with E-state index < -0.39 is 12.3 Å². The fraction of sp³-hybridized carbons (Fsp3) is 0.391. The van der Waals surface area contributed by atoms with E-state index in [0.717, 1.165) is 37.1 Å². The van der Waals surface area contributed by atoms with Crippen LogP contribution in [0.25, 0.3) is 5.95 Å². The van der Waals surface area contributed by atoms with Crippen molar-refractivity contribution in [2.75, 3.05) is 6.54 Å². The Bertz CT molecular complexity index is 1100. The zero-order valence-corrected chi connectivity index (χ0v) is 18.5. The minimum atomic E-state index is -4.75. The van der Waals surface area contributed by atoms with Gasteiger partial charge in [-0.2, -0.15) is 4.98 Å². The molecule has 2 unspecified atom stereocenters. The van der Waals surface area contributed by atoms with Gasteiger partial charge in [0.15, 0.2) is 0 Å². The van der Waals surface area contributed by atoms with Gasteiger partial charge in [-0.25, -0.2) is 9.97 Å². The molecule has 8 nitrogen and oxygen atoms in total. The summed E-state index contributed by atoms with van der Waals surface area (Å²) in [5, 5.41) is 0. The van der Waals surface area contributed by atoms with Gasteiger partial charge in [-0.3, -0.25) is 13.8 Å². The number of aromatic nitrogens is 4. The summed E-state index contributed by atoms with van der Waals surface area (Å²) in [5.41, 5.74) is 6.44. The molecule has 1 aliphatic heterocycles. The first-order chi connectivity index (χ1) is 16.2. The van der Waals surface area contributed by atoms with Crippen LogP contribution in [0.5, 0.6) is 5.75 Å². The second kappa shape index (κ2) is 9.80. The van der Waals surface area contributed by atoms with Crippen LogP contribution in [-0.4, -0.2) is 44.4 Å². The van der Waals surface area contributed by atoms with Gasteiger partial charge >= 0.3 is 6.36 Å². The minimum absolute atomic E-state index is 0.128. The Morgan fingerprint density at radius 3 is 2.62 bits per heavy atom. The van der Waals surface area contributed by atoms with Crippen LogP contribution in [0.1, 0.15) is 37.7 Å². The maximum Gasteiger partial charge on any atom is 0.573 e. The van der Waals surface area contributed by atoms with Gasteiger partial charge in [0.05, 0.1) is 13.0 Å². The SMILES string of the molecule is NC(=O)CC1CCCCC[N+]1(Cc1ccc(OC(F)(F)F)cc1)c1ccnc(-n2ccnc2)n1. The highest BCUT2D eigenvalue weighted by atomic mass is 19.4. The van der Waals surface area contributed by atoms with E-state index in [9.17, 15) is 18.0 Å². The number of halogens is 3. The molecule has 1 fully saturated rings. The number of nitrogens with two attached hydrogens (primary N) is 1. The molecule has 1 aromatic carbocycles. The van der Waals surface area contributed by atoms with Crippen molar-refractivity contribution in [3.63, 3.8) is 0 Å². The van der Waals surface area contributed by atoms with E-state index in [1.165, 1.54) is 12.1 Å². The predicted molar refractivity (Wildman–Crippen MR) is 119 cm³/mol. The van der Waals surface area contributed by atoms with E-state index in [4.69, 9.17) is 10.7 Å². The molecule has 1 aliphatic rings. The Morgan fingerprint density at radius 2 is 1.94 bits per heavy atom. The van der Waals surface area contributed by atoms with E-state index >= 15 is 0 Å². The maximum atomic E-state index is 12.6. The molecule has 0 aliphatic carbocycles. The van der Waals surface area contributed by atoms with Crippen LogP contribution in [0.4, 0.5) is 19.0 Å². The molecule has 2 atom stereocenters. The van der Waals surface area contributed by atoms with Crippen molar-refractivity contribution in [3.05, 3.63) is 60.8 Å². The smallest absolute Gasteiger partial charge is 0.406 e. The lowest BCUT2D eigenvalue weighted by Gasteiger charge is -2.42. The molecule has 1 amide bonds. The molecule has 34 heavy (non-hydrogen) atoms. The topological polar surface area (TPSA) is 95.9 Å². The summed E-state index contributed by atoms with van der Waals surface area (Å²) in [6, 6.07) is 7.54. The Hall–Kier alpha value is -3.47. The lowest BCUT2D eigenvalue weighted by molar-refractivity contribution is -0.274. The molecular formula is C23H26F3N6O2+. The third kappa shape index (κ3) is 5.53. The zero-order valence-electron chi connectivity index (χ0n) is 18.5. The van der Waals surface area contributed by atoms with Crippen molar-refractivity contribution in [1.29, 1.82) is 0 Å². The monoisotopic (exact) mass is 475 g/mol. The van der Waals surface area contributed by atoms with Crippen LogP contribution in [0.2, 0.25) is 0 Å². The average Bonchev–Trinajstić information content (AvgIpc) is 3.25. The molecule has 2 aromatic heterocycles. The number of likely N-dealkylation sites (tertiary alicyclic amines) is 1. The normalized spacial score (nSPS) is 21.1. The number of carbonyl (C=O) groups is 1. The summed E-state index contributed by atoms with van der Waals surface area (Å²) in [6.07, 6.45) is 5.73. The zero-order chi connectivity index (χ0) is 24.2. The van der Waals surface area contributed by atoms with Crippen LogP contribution >= 0.6 is 0 Å². The van der Waals surface area contributed by atoms with Gasteiger partial charge in [-0.1, -0.05) is 0 Å². The van der Waals surface area contributed by atoms with Crippen LogP contribution in [0.3, 0.4) is 0 Å². The number of primary amides is 1. The highest BCUT2D eigenvalue weighted by Crippen LogP contribution is 2.36. The van der Waals surface area contributed by atoms with Crippen LogP contribution in [-0.2, 0) is 11.3 Å². The number of ether oxygens (including phenoxy) is 1. The fourth-order valence-electron chi connectivity index (χ4n) is 4.69. The summed E-state index contributed by atoms with van der Waals surface area (Å²) < 4.78 is 43.8. The van der Waals surface area contributed by atoms with Crippen molar-refractivity contribution in [2.24, 2.45) is 5.73 Å². The lowest BCUT2D eigenvalue weighted by atomic mass is 10.0. The summed E-state index contributed by atoms with van der Waals surface area (Å²) in [6.45, 7) is 1.14. The molecule has 2 N–H and O–H groups in total. The largest absolute Gasteiger partial charge is 0.573 e. The summed E-state index contributed by atoms with van der Waals surface area (Å²) in [4.78, 5) is 25.3. The van der Waals surface area contributed by atoms with Crippen molar-refractivity contribution in [2.45, 2.75) is 51.1 Å². The molecule has 0 radical (unpaired) electrons. The molecule has 11 heteroatoms. The number of hydrogen-bond donors (Lipinski definition) is 1. The van der Waals surface area contributed by atoms with Gasteiger partial charge in [-0.15, -0.1) is 13.2 Å². The number of benzene rings is 1. The van der Waals surface area contributed by atoms with Crippen LogP contribution in [0, 0.1) is 0 Å². The first-order valence-electron chi connectivity index (χ1n) is 11.1. The average molecular weight is 475 g/mol. The van der Waals surface area contributed by atoms with Gasteiger partial charge in [0.25, 0.3) is 0 Å². The molecule has 180 valence electrons. The molecule has 0 saturated carbocycles. The second-order valence-corrected chi connectivity index (χ2v) is 8.47. The number of imidazole rings is 1. The lowest BCUT2D eigenvalue weighted by Crippen LogP contribution is -2.57. The number of nitrogens with zero attached hydrogens (tertiary/aromatic N) is 5. The van der Waals surface area contributed by atoms with E-state index in [-0.39, 0.29) is 18.2 Å². The Balaban J connectivity index is 1.75. The molecule has 3 aromatic rings. The Labute approximate surface area is 194 Å². The first kappa shape index (κ1) is 23.7. The van der Waals surface area contributed by atoms with Crippen molar-refractivity contribution in [1.82, 2.24) is 24.0 Å². The van der Waals surface area contributed by atoms with Gasteiger partial charge < -0.3 is 10.5 Å². The number of hydrogen-bond acceptors (Lipinski definition) is 5. The minimum Gasteiger partial charge on any atom is -0.406 e. The summed E-state index contributed by atoms with van der Waals surface area (Å²) in [7, 11) is 0. The Morgan fingerprint density at radius 1 is 1.15 bits per heavy atom. The number of amides is 1. The van der Waals surface area contributed by atoms with E-state index in [1.54, 1.807) is 41.6 Å². The van der Waals surface area contributed by atoms with Gasteiger partial charge in [0.1, 0.15) is 24.7 Å². The van der Waals surface area contributed by atoms with Gasteiger partial charge in [0, 0.05) is 36.6 Å². The summed E-state index contributed by atoms with van der Waals surface area (Å²) in [5.74, 6) is 0.495. The number of alkyl halides is 3. The van der Waals surface area contributed by atoms with E-state index in [0.29, 0.717) is 23.5 Å². The standard InChI is InChI=1S/C23H25F3N6O2/c24-23(25,26)34-19-7-5-17(6-8-19)15-32(13-3-1-2-4-18(32)14-20(27)33)21-9-10-29-22(30-21)31-12-11-28-16-31/h5-12,16,18H,1-4,13-15H2,(H-,27,33)/p+1. The van der Waals surface area contributed by atoms with Crippen molar-refractivity contribution < 1.29 is 22.7 Å².